The van der Waals surface area contributed by atoms with E-state index in [4.69, 9.17) is 13.9 Å². The van der Waals surface area contributed by atoms with E-state index >= 15 is 0 Å². The lowest BCUT2D eigenvalue weighted by atomic mass is 10.2. The van der Waals surface area contributed by atoms with Gasteiger partial charge in [0.1, 0.15) is 6.54 Å². The van der Waals surface area contributed by atoms with Crippen LogP contribution < -0.4 is 10.5 Å². The Morgan fingerprint density at radius 2 is 1.81 bits per heavy atom. The Morgan fingerprint density at radius 1 is 1.06 bits per heavy atom. The predicted molar refractivity (Wildman–Crippen MR) is 110 cm³/mol. The van der Waals surface area contributed by atoms with Gasteiger partial charge in [0.05, 0.1) is 29.2 Å². The van der Waals surface area contributed by atoms with Crippen LogP contribution in [0.4, 0.5) is 5.69 Å². The van der Waals surface area contributed by atoms with Gasteiger partial charge >= 0.3 is 17.7 Å². The van der Waals surface area contributed by atoms with Gasteiger partial charge in [-0.1, -0.05) is 6.07 Å². The molecule has 0 saturated carbocycles. The third-order valence-electron chi connectivity index (χ3n) is 4.17. The highest BCUT2D eigenvalue weighted by Crippen LogP contribution is 2.22. The van der Waals surface area contributed by atoms with Gasteiger partial charge in [0, 0.05) is 11.8 Å². The summed E-state index contributed by atoms with van der Waals surface area (Å²) in [6.45, 7) is 3.30. The maximum absolute atomic E-state index is 12.8. The minimum atomic E-state index is -4.06. The first-order valence-corrected chi connectivity index (χ1v) is 10.8. The third-order valence-corrected chi connectivity index (χ3v) is 5.55. The highest BCUT2D eigenvalue weighted by Gasteiger charge is 2.20. The number of oxazole rings is 1. The largest absolute Gasteiger partial charge is 0.465 e. The molecule has 3 rings (SSSR count). The fourth-order valence-electron chi connectivity index (χ4n) is 2.84. The first kappa shape index (κ1) is 22.1. The number of ether oxygens (including phenoxy) is 2. The molecule has 0 aliphatic heterocycles. The summed E-state index contributed by atoms with van der Waals surface area (Å²) in [5.41, 5.74) is 0.602. The highest BCUT2D eigenvalue weighted by atomic mass is 32.2. The molecule has 1 N–H and O–H groups in total. The van der Waals surface area contributed by atoms with E-state index in [1.165, 1.54) is 42.5 Å². The molecule has 0 fully saturated rings. The molecule has 3 aromatic rings. The Labute approximate surface area is 177 Å². The van der Waals surface area contributed by atoms with Crippen molar-refractivity contribution in [2.24, 2.45) is 0 Å². The number of carbonyl (C=O) groups excluding carboxylic acids is 2. The summed E-state index contributed by atoms with van der Waals surface area (Å²) in [6.07, 6.45) is 0. The summed E-state index contributed by atoms with van der Waals surface area (Å²) < 4.78 is 43.8. The Kier molecular flexibility index (Phi) is 6.44. The summed E-state index contributed by atoms with van der Waals surface area (Å²) in [4.78, 5) is 35.4. The molecule has 0 saturated heterocycles. The number of hydrogen-bond donors (Lipinski definition) is 1. The molecule has 0 unspecified atom stereocenters. The van der Waals surface area contributed by atoms with Gasteiger partial charge < -0.3 is 13.9 Å². The van der Waals surface area contributed by atoms with Crippen LogP contribution >= 0.6 is 0 Å². The van der Waals surface area contributed by atoms with Gasteiger partial charge in [0.15, 0.2) is 5.58 Å². The van der Waals surface area contributed by atoms with Crippen LogP contribution in [-0.2, 0) is 30.8 Å². The summed E-state index contributed by atoms with van der Waals surface area (Å²) in [5, 5.41) is 0. The molecule has 0 amide bonds. The number of benzene rings is 2. The average molecular weight is 448 g/mol. The van der Waals surface area contributed by atoms with Gasteiger partial charge in [-0.05, 0) is 44.2 Å². The van der Waals surface area contributed by atoms with Crippen LogP contribution in [0, 0.1) is 0 Å². The van der Waals surface area contributed by atoms with Crippen molar-refractivity contribution in [3.8, 4) is 0 Å². The van der Waals surface area contributed by atoms with Crippen LogP contribution in [0.1, 0.15) is 24.2 Å². The van der Waals surface area contributed by atoms with E-state index in [1.807, 2.05) is 0 Å². The van der Waals surface area contributed by atoms with Crippen molar-refractivity contribution in [1.29, 1.82) is 0 Å². The van der Waals surface area contributed by atoms with Crippen LogP contribution in [0.15, 0.2) is 56.6 Å². The molecule has 10 nitrogen and oxygen atoms in total. The normalized spacial score (nSPS) is 11.3. The maximum Gasteiger partial charge on any atom is 0.420 e. The number of anilines is 1. The third kappa shape index (κ3) is 4.94. The number of fused-ring (bicyclic) bond motifs is 1. The lowest BCUT2D eigenvalue weighted by molar-refractivity contribution is -0.143. The van der Waals surface area contributed by atoms with E-state index in [0.29, 0.717) is 0 Å². The molecule has 0 aliphatic rings. The monoisotopic (exact) mass is 448 g/mol. The molecular formula is C20H20N2O8S. The quantitative estimate of drug-likeness (QED) is 0.518. The van der Waals surface area contributed by atoms with Crippen molar-refractivity contribution in [2.75, 3.05) is 17.9 Å². The van der Waals surface area contributed by atoms with Crippen molar-refractivity contribution < 1.29 is 31.9 Å². The van der Waals surface area contributed by atoms with E-state index in [0.717, 1.165) is 4.57 Å². The molecule has 0 aliphatic carbocycles. The van der Waals surface area contributed by atoms with E-state index in [2.05, 4.69) is 4.72 Å². The summed E-state index contributed by atoms with van der Waals surface area (Å²) in [7, 11) is -4.06. The van der Waals surface area contributed by atoms with E-state index in [9.17, 15) is 22.8 Å². The lowest BCUT2D eigenvalue weighted by Crippen LogP contribution is -2.21. The topological polar surface area (TPSA) is 134 Å². The first-order chi connectivity index (χ1) is 14.7. The van der Waals surface area contributed by atoms with Gasteiger partial charge in [0.2, 0.25) is 0 Å². The minimum Gasteiger partial charge on any atom is -0.465 e. The van der Waals surface area contributed by atoms with Crippen molar-refractivity contribution >= 4 is 38.7 Å². The van der Waals surface area contributed by atoms with Crippen LogP contribution in [0.2, 0.25) is 0 Å². The van der Waals surface area contributed by atoms with Gasteiger partial charge in [-0.15, -0.1) is 0 Å². The Bertz CT molecular complexity index is 1290. The minimum absolute atomic E-state index is 0.00236. The number of rotatable bonds is 8. The molecule has 1 heterocycles. The molecule has 2 aromatic carbocycles. The second-order valence-electron chi connectivity index (χ2n) is 6.30. The number of nitrogens with zero attached hydrogens (tertiary/aromatic N) is 1. The number of sulfonamides is 1. The first-order valence-electron chi connectivity index (χ1n) is 9.34. The van der Waals surface area contributed by atoms with Crippen LogP contribution in [0.5, 0.6) is 0 Å². The highest BCUT2D eigenvalue weighted by molar-refractivity contribution is 7.92. The number of nitrogens with one attached hydrogen (secondary N) is 1. The van der Waals surface area contributed by atoms with Crippen LogP contribution in [-0.4, -0.2) is 38.1 Å². The Balaban J connectivity index is 1.89. The Morgan fingerprint density at radius 3 is 2.52 bits per heavy atom. The van der Waals surface area contributed by atoms with Crippen LogP contribution in [0.25, 0.3) is 11.1 Å². The van der Waals surface area contributed by atoms with E-state index in [1.54, 1.807) is 13.8 Å². The molecule has 1 aromatic heterocycles. The maximum atomic E-state index is 12.8. The van der Waals surface area contributed by atoms with Gasteiger partial charge in [-0.3, -0.25) is 14.1 Å². The fourth-order valence-corrected chi connectivity index (χ4v) is 3.90. The van der Waals surface area contributed by atoms with Gasteiger partial charge in [-0.2, -0.15) is 0 Å². The summed E-state index contributed by atoms with van der Waals surface area (Å²) in [5.74, 6) is -2.01. The van der Waals surface area contributed by atoms with E-state index in [-0.39, 0.29) is 47.0 Å². The molecule has 164 valence electrons. The zero-order chi connectivity index (χ0) is 22.6. The van der Waals surface area contributed by atoms with Crippen molar-refractivity contribution in [3.63, 3.8) is 0 Å². The molecule has 0 bridgehead atoms. The summed E-state index contributed by atoms with van der Waals surface area (Å²) in [6, 6.07) is 9.67. The molecule has 0 radical (unpaired) electrons. The molecule has 0 atom stereocenters. The molecular weight excluding hydrogens is 428 g/mol. The smallest absolute Gasteiger partial charge is 0.420 e. The van der Waals surface area contributed by atoms with Crippen LogP contribution in [0.3, 0.4) is 0 Å². The molecule has 31 heavy (non-hydrogen) atoms. The number of esters is 2. The summed E-state index contributed by atoms with van der Waals surface area (Å²) >= 11 is 0. The van der Waals surface area contributed by atoms with Crippen molar-refractivity contribution in [3.05, 3.63) is 58.6 Å². The Hall–Kier alpha value is -3.60. The average Bonchev–Trinajstić information content (AvgIpc) is 3.02. The fraction of sp³-hybridized carbons (Fsp3) is 0.250. The van der Waals surface area contributed by atoms with Gasteiger partial charge in [0.25, 0.3) is 10.0 Å². The second kappa shape index (κ2) is 9.04. The van der Waals surface area contributed by atoms with Gasteiger partial charge in [-0.25, -0.2) is 18.0 Å². The second-order valence-corrected chi connectivity index (χ2v) is 7.98. The zero-order valence-electron chi connectivity index (χ0n) is 16.8. The van der Waals surface area contributed by atoms with Crippen molar-refractivity contribution in [2.45, 2.75) is 25.3 Å². The number of aromatic nitrogens is 1. The number of hydrogen-bond acceptors (Lipinski definition) is 8. The molecule has 11 heteroatoms. The molecule has 0 spiro atoms. The standard InChI is InChI=1S/C20H20N2O8S/c1-3-28-18(23)12-22-16-9-8-15(11-17(16)30-20(22)25)31(26,27)21-14-7-5-6-13(10-14)19(24)29-4-2/h5-11,21H,3-4,12H2,1-2H3. The van der Waals surface area contributed by atoms with E-state index < -0.39 is 27.7 Å². The lowest BCUT2D eigenvalue weighted by Gasteiger charge is -2.09. The predicted octanol–water partition coefficient (Wildman–Crippen LogP) is 2.14. The number of carbonyl (C=O) groups is 2. The SMILES string of the molecule is CCOC(=O)Cn1c(=O)oc2cc(S(=O)(=O)Nc3cccc(C(=O)OCC)c3)ccc21. The van der Waals surface area contributed by atoms with Crippen molar-refractivity contribution in [1.82, 2.24) is 4.57 Å². The zero-order valence-corrected chi connectivity index (χ0v) is 17.6.